The number of likely N-dealkylation sites (tertiary alicyclic amines) is 1. The van der Waals surface area contributed by atoms with Gasteiger partial charge in [0.25, 0.3) is 5.91 Å². The molecule has 4 N–H and O–H groups in total. The number of amides is 3. The molecule has 25 heavy (non-hydrogen) atoms. The zero-order chi connectivity index (χ0) is 18.3. The third-order valence-corrected chi connectivity index (χ3v) is 4.23. The number of rotatable bonds is 7. The Morgan fingerprint density at radius 3 is 2.40 bits per heavy atom. The highest BCUT2D eigenvalue weighted by Crippen LogP contribution is 2.31. The van der Waals surface area contributed by atoms with Gasteiger partial charge in [0.05, 0.1) is 26.3 Å². The second kappa shape index (κ2) is 8.90. The van der Waals surface area contributed by atoms with Crippen LogP contribution in [-0.4, -0.2) is 79.1 Å². The molecule has 2 rings (SSSR count). The van der Waals surface area contributed by atoms with Gasteiger partial charge in [0.2, 0.25) is 11.8 Å². The van der Waals surface area contributed by atoms with E-state index < -0.39 is 23.6 Å². The van der Waals surface area contributed by atoms with Gasteiger partial charge in [0.1, 0.15) is 6.04 Å². The van der Waals surface area contributed by atoms with E-state index in [9.17, 15) is 14.4 Å². The summed E-state index contributed by atoms with van der Waals surface area (Å²) in [5.74, 6) is -1.91. The lowest BCUT2D eigenvalue weighted by Gasteiger charge is -2.37. The third kappa shape index (κ3) is 5.23. The molecule has 1 atom stereocenters. The van der Waals surface area contributed by atoms with E-state index in [2.05, 4.69) is 17.2 Å². The number of piperidine rings is 1. The molecule has 0 bridgehead atoms. The standard InChI is InChI=1S/C15H24N4O6/c1-2-11(16-9-12(20)18-23)14(22)17-10-13(21)19-5-3-15(4-6-19)24-7-8-25-15/h2,11,16,23H,1,3-10H2,(H,17,22)(H,18,20). The highest BCUT2D eigenvalue weighted by molar-refractivity contribution is 5.89. The summed E-state index contributed by atoms with van der Waals surface area (Å²) in [7, 11) is 0. The van der Waals surface area contributed by atoms with Gasteiger partial charge >= 0.3 is 0 Å². The van der Waals surface area contributed by atoms with Crippen molar-refractivity contribution in [2.24, 2.45) is 0 Å². The molecule has 2 aliphatic heterocycles. The van der Waals surface area contributed by atoms with Crippen LogP contribution in [0.15, 0.2) is 12.7 Å². The highest BCUT2D eigenvalue weighted by Gasteiger charge is 2.40. The van der Waals surface area contributed by atoms with Crippen molar-refractivity contribution in [1.82, 2.24) is 21.0 Å². The molecule has 0 radical (unpaired) electrons. The van der Waals surface area contributed by atoms with Crippen molar-refractivity contribution in [2.75, 3.05) is 39.4 Å². The van der Waals surface area contributed by atoms with Crippen molar-refractivity contribution < 1.29 is 29.1 Å². The van der Waals surface area contributed by atoms with E-state index in [0.29, 0.717) is 39.1 Å². The van der Waals surface area contributed by atoms with E-state index in [0.717, 1.165) is 0 Å². The Morgan fingerprint density at radius 2 is 1.84 bits per heavy atom. The van der Waals surface area contributed by atoms with Crippen LogP contribution in [-0.2, 0) is 23.9 Å². The Balaban J connectivity index is 1.72. The normalized spacial score (nSPS) is 20.1. The maximum Gasteiger partial charge on any atom is 0.257 e. The number of carbonyl (C=O) groups excluding carboxylic acids is 3. The molecule has 0 aromatic carbocycles. The summed E-state index contributed by atoms with van der Waals surface area (Å²) in [5.41, 5.74) is 1.45. The SMILES string of the molecule is C=CC(NCC(=O)NO)C(=O)NCC(=O)N1CCC2(CC1)OCCO2. The summed E-state index contributed by atoms with van der Waals surface area (Å²) < 4.78 is 11.2. The molecule has 10 nitrogen and oxygen atoms in total. The van der Waals surface area contributed by atoms with E-state index in [1.807, 2.05) is 0 Å². The number of nitrogens with one attached hydrogen (secondary N) is 3. The van der Waals surface area contributed by atoms with E-state index in [1.165, 1.54) is 11.6 Å². The number of hydrogen-bond donors (Lipinski definition) is 4. The van der Waals surface area contributed by atoms with Crippen molar-refractivity contribution in [2.45, 2.75) is 24.7 Å². The van der Waals surface area contributed by atoms with Crippen LogP contribution < -0.4 is 16.1 Å². The van der Waals surface area contributed by atoms with Crippen molar-refractivity contribution in [1.29, 1.82) is 0 Å². The van der Waals surface area contributed by atoms with Crippen molar-refractivity contribution in [3.8, 4) is 0 Å². The molecule has 10 heteroatoms. The first-order valence-corrected chi connectivity index (χ1v) is 8.12. The lowest BCUT2D eigenvalue weighted by molar-refractivity contribution is -0.187. The molecule has 1 unspecified atom stereocenters. The maximum atomic E-state index is 12.2. The number of carbonyl (C=O) groups is 3. The Hall–Kier alpha value is -2.01. The van der Waals surface area contributed by atoms with Gasteiger partial charge in [0.15, 0.2) is 5.79 Å². The molecular weight excluding hydrogens is 332 g/mol. The fourth-order valence-electron chi connectivity index (χ4n) is 2.79. The van der Waals surface area contributed by atoms with Gasteiger partial charge in [-0.05, 0) is 0 Å². The van der Waals surface area contributed by atoms with E-state index in [1.54, 1.807) is 4.90 Å². The van der Waals surface area contributed by atoms with Crippen LogP contribution in [0.5, 0.6) is 0 Å². The summed E-state index contributed by atoms with van der Waals surface area (Å²) in [4.78, 5) is 36.9. The average molecular weight is 356 g/mol. The molecule has 3 amide bonds. The van der Waals surface area contributed by atoms with Crippen molar-refractivity contribution in [3.05, 3.63) is 12.7 Å². The molecule has 2 aliphatic rings. The molecule has 2 heterocycles. The Morgan fingerprint density at radius 1 is 1.20 bits per heavy atom. The zero-order valence-corrected chi connectivity index (χ0v) is 14.0. The van der Waals surface area contributed by atoms with Gasteiger partial charge < -0.3 is 19.7 Å². The van der Waals surface area contributed by atoms with Crippen molar-refractivity contribution >= 4 is 17.7 Å². The third-order valence-electron chi connectivity index (χ3n) is 4.23. The largest absolute Gasteiger partial charge is 0.347 e. The Kier molecular flexibility index (Phi) is 6.88. The van der Waals surface area contributed by atoms with Crippen LogP contribution >= 0.6 is 0 Å². The van der Waals surface area contributed by atoms with E-state index in [-0.39, 0.29) is 19.0 Å². The molecular formula is C15H24N4O6. The molecule has 2 saturated heterocycles. The predicted molar refractivity (Wildman–Crippen MR) is 85.4 cm³/mol. The van der Waals surface area contributed by atoms with E-state index in [4.69, 9.17) is 14.7 Å². The van der Waals surface area contributed by atoms with Gasteiger partial charge in [-0.15, -0.1) is 6.58 Å². The fourth-order valence-corrected chi connectivity index (χ4v) is 2.79. The number of nitrogens with zero attached hydrogens (tertiary/aromatic N) is 1. The Labute approximate surface area is 145 Å². The van der Waals surface area contributed by atoms with Crippen LogP contribution in [0.4, 0.5) is 0 Å². The molecule has 0 aromatic rings. The minimum Gasteiger partial charge on any atom is -0.347 e. The monoisotopic (exact) mass is 356 g/mol. The molecule has 2 fully saturated rings. The van der Waals surface area contributed by atoms with Gasteiger partial charge in [0, 0.05) is 25.9 Å². The quantitative estimate of drug-likeness (QED) is 0.239. The molecule has 1 spiro atoms. The number of hydroxylamine groups is 1. The average Bonchev–Trinajstić information content (AvgIpc) is 3.08. The van der Waals surface area contributed by atoms with Crippen LogP contribution in [0.3, 0.4) is 0 Å². The van der Waals surface area contributed by atoms with Crippen LogP contribution in [0.25, 0.3) is 0 Å². The lowest BCUT2D eigenvalue weighted by atomic mass is 10.0. The van der Waals surface area contributed by atoms with Gasteiger partial charge in [-0.3, -0.25) is 24.9 Å². The second-order valence-corrected chi connectivity index (χ2v) is 5.84. The number of ether oxygens (including phenoxy) is 2. The van der Waals surface area contributed by atoms with Crippen LogP contribution in [0.1, 0.15) is 12.8 Å². The van der Waals surface area contributed by atoms with Crippen LogP contribution in [0.2, 0.25) is 0 Å². The first kappa shape index (κ1) is 19.3. The number of hydrogen-bond acceptors (Lipinski definition) is 7. The summed E-state index contributed by atoms with van der Waals surface area (Å²) in [6.45, 7) is 5.27. The van der Waals surface area contributed by atoms with Gasteiger partial charge in [-0.1, -0.05) is 6.08 Å². The summed E-state index contributed by atoms with van der Waals surface area (Å²) in [5, 5.41) is 13.5. The summed E-state index contributed by atoms with van der Waals surface area (Å²) in [6, 6.07) is -0.852. The van der Waals surface area contributed by atoms with Crippen molar-refractivity contribution in [3.63, 3.8) is 0 Å². The second-order valence-electron chi connectivity index (χ2n) is 5.84. The minimum absolute atomic E-state index is 0.147. The molecule has 140 valence electrons. The predicted octanol–water partition coefficient (Wildman–Crippen LogP) is -1.88. The molecule has 0 saturated carbocycles. The molecule has 0 aromatic heterocycles. The zero-order valence-electron chi connectivity index (χ0n) is 14.0. The summed E-state index contributed by atoms with van der Waals surface area (Å²) >= 11 is 0. The first-order valence-electron chi connectivity index (χ1n) is 8.12. The van der Waals surface area contributed by atoms with Crippen LogP contribution in [0, 0.1) is 0 Å². The fraction of sp³-hybridized carbons (Fsp3) is 0.667. The Bertz CT molecular complexity index is 510. The maximum absolute atomic E-state index is 12.2. The lowest BCUT2D eigenvalue weighted by Crippen LogP contribution is -2.52. The minimum atomic E-state index is -0.852. The van der Waals surface area contributed by atoms with Gasteiger partial charge in [-0.2, -0.15) is 0 Å². The van der Waals surface area contributed by atoms with E-state index >= 15 is 0 Å². The highest BCUT2D eigenvalue weighted by atomic mass is 16.7. The topological polar surface area (TPSA) is 129 Å². The van der Waals surface area contributed by atoms with Gasteiger partial charge in [-0.25, -0.2) is 5.48 Å². The molecule has 0 aliphatic carbocycles. The smallest absolute Gasteiger partial charge is 0.257 e. The first-order chi connectivity index (χ1) is 12.0. The summed E-state index contributed by atoms with van der Waals surface area (Å²) in [6.07, 6.45) is 2.53.